The Kier molecular flexibility index (Phi) is 3.46. The Bertz CT molecular complexity index is 630. The lowest BCUT2D eigenvalue weighted by molar-refractivity contribution is -0.119. The van der Waals surface area contributed by atoms with Crippen LogP contribution in [-0.2, 0) is 14.8 Å². The Morgan fingerprint density at radius 1 is 1.47 bits per heavy atom. The second kappa shape index (κ2) is 4.78. The van der Waals surface area contributed by atoms with Gasteiger partial charge in [-0.25, -0.2) is 17.5 Å². The molecule has 104 valence electrons. The largest absolute Gasteiger partial charge is 0.399 e. The highest BCUT2D eigenvalue weighted by molar-refractivity contribution is 7.89. The zero-order valence-corrected chi connectivity index (χ0v) is 11.1. The summed E-state index contributed by atoms with van der Waals surface area (Å²) in [6.45, 7) is 1.59. The number of halogens is 1. The van der Waals surface area contributed by atoms with Gasteiger partial charge in [0.2, 0.25) is 15.9 Å². The van der Waals surface area contributed by atoms with Crippen molar-refractivity contribution >= 4 is 21.6 Å². The highest BCUT2D eigenvalue weighted by Crippen LogP contribution is 2.22. The molecule has 0 radical (unpaired) electrons. The molecule has 1 saturated heterocycles. The summed E-state index contributed by atoms with van der Waals surface area (Å²) in [5.41, 5.74) is 5.49. The molecule has 1 aliphatic heterocycles. The fraction of sp³-hybridized carbons (Fsp3) is 0.364. The van der Waals surface area contributed by atoms with E-state index in [1.807, 2.05) is 0 Å². The molecule has 0 saturated carbocycles. The third-order valence-electron chi connectivity index (χ3n) is 2.91. The molecule has 1 heterocycles. The smallest absolute Gasteiger partial charge is 0.241 e. The van der Waals surface area contributed by atoms with Gasteiger partial charge in [0.05, 0.1) is 4.90 Å². The van der Waals surface area contributed by atoms with Crippen molar-refractivity contribution < 1.29 is 17.6 Å². The van der Waals surface area contributed by atoms with Crippen molar-refractivity contribution in [3.63, 3.8) is 0 Å². The van der Waals surface area contributed by atoms with E-state index < -0.39 is 21.9 Å². The Hall–Kier alpha value is -1.67. The summed E-state index contributed by atoms with van der Waals surface area (Å²) in [6.07, 6.45) is 0.0725. The summed E-state index contributed by atoms with van der Waals surface area (Å²) in [4.78, 5) is 10.8. The van der Waals surface area contributed by atoms with Crippen molar-refractivity contribution in [3.8, 4) is 0 Å². The van der Waals surface area contributed by atoms with E-state index in [2.05, 4.69) is 10.0 Å². The van der Waals surface area contributed by atoms with Crippen LogP contribution >= 0.6 is 0 Å². The third kappa shape index (κ3) is 2.85. The van der Waals surface area contributed by atoms with Crippen LogP contribution in [0.15, 0.2) is 17.0 Å². The van der Waals surface area contributed by atoms with Gasteiger partial charge < -0.3 is 11.1 Å². The van der Waals surface area contributed by atoms with Gasteiger partial charge in [0, 0.05) is 30.3 Å². The summed E-state index contributed by atoms with van der Waals surface area (Å²) >= 11 is 0. The summed E-state index contributed by atoms with van der Waals surface area (Å²) < 4.78 is 40.2. The van der Waals surface area contributed by atoms with Crippen molar-refractivity contribution in [1.82, 2.24) is 10.0 Å². The van der Waals surface area contributed by atoms with Gasteiger partial charge in [0.15, 0.2) is 0 Å². The lowest BCUT2D eigenvalue weighted by Gasteiger charge is -2.14. The second-order valence-electron chi connectivity index (χ2n) is 4.45. The number of amides is 1. The van der Waals surface area contributed by atoms with E-state index in [4.69, 9.17) is 5.73 Å². The van der Waals surface area contributed by atoms with Gasteiger partial charge in [0.1, 0.15) is 5.82 Å². The second-order valence-corrected chi connectivity index (χ2v) is 6.13. The normalized spacial score (nSPS) is 19.5. The van der Waals surface area contributed by atoms with Crippen LogP contribution in [0.3, 0.4) is 0 Å². The number of nitrogens with two attached hydrogens (primary N) is 1. The minimum absolute atomic E-state index is 0.000942. The first-order chi connectivity index (χ1) is 8.79. The molecule has 4 N–H and O–H groups in total. The van der Waals surface area contributed by atoms with E-state index in [-0.39, 0.29) is 35.0 Å². The number of sulfonamides is 1. The molecule has 0 aliphatic carbocycles. The van der Waals surface area contributed by atoms with Gasteiger partial charge in [-0.1, -0.05) is 0 Å². The van der Waals surface area contributed by atoms with Gasteiger partial charge in [0.25, 0.3) is 0 Å². The molecule has 1 aromatic carbocycles. The molecule has 2 rings (SSSR count). The molecule has 1 aromatic rings. The van der Waals surface area contributed by atoms with E-state index >= 15 is 0 Å². The van der Waals surface area contributed by atoms with Crippen LogP contribution in [0.2, 0.25) is 0 Å². The predicted octanol–water partition coefficient (Wildman–Crippen LogP) is -0.117. The Balaban J connectivity index is 2.32. The molecule has 1 aliphatic rings. The summed E-state index contributed by atoms with van der Waals surface area (Å²) in [7, 11) is -3.91. The first kappa shape index (κ1) is 13.8. The minimum Gasteiger partial charge on any atom is -0.399 e. The number of hydrogen-bond donors (Lipinski definition) is 3. The van der Waals surface area contributed by atoms with Gasteiger partial charge in [-0.2, -0.15) is 0 Å². The fourth-order valence-electron chi connectivity index (χ4n) is 1.92. The average molecular weight is 287 g/mol. The SMILES string of the molecule is Cc1c(F)cc(N)cc1S(=O)(=O)NC1CNC(=O)C1. The summed E-state index contributed by atoms with van der Waals surface area (Å²) in [5.74, 6) is -0.899. The van der Waals surface area contributed by atoms with Crippen LogP contribution in [0.1, 0.15) is 12.0 Å². The lowest BCUT2D eigenvalue weighted by Crippen LogP contribution is -2.36. The Morgan fingerprint density at radius 2 is 2.16 bits per heavy atom. The molecule has 1 amide bonds. The zero-order valence-electron chi connectivity index (χ0n) is 10.2. The van der Waals surface area contributed by atoms with Crippen molar-refractivity contribution in [1.29, 1.82) is 0 Å². The van der Waals surface area contributed by atoms with E-state index in [9.17, 15) is 17.6 Å². The molecule has 1 unspecified atom stereocenters. The highest BCUT2D eigenvalue weighted by atomic mass is 32.2. The maximum atomic E-state index is 13.5. The van der Waals surface area contributed by atoms with E-state index in [1.54, 1.807) is 0 Å². The maximum Gasteiger partial charge on any atom is 0.241 e. The molecule has 6 nitrogen and oxygen atoms in total. The van der Waals surface area contributed by atoms with Crippen molar-refractivity contribution in [2.24, 2.45) is 0 Å². The van der Waals surface area contributed by atoms with Crippen LogP contribution in [0, 0.1) is 12.7 Å². The first-order valence-corrected chi connectivity index (χ1v) is 7.12. The Labute approximate surface area is 110 Å². The molecule has 19 heavy (non-hydrogen) atoms. The van der Waals surface area contributed by atoms with Crippen LogP contribution in [0.5, 0.6) is 0 Å². The number of benzene rings is 1. The number of hydrogen-bond acceptors (Lipinski definition) is 4. The number of anilines is 1. The topological polar surface area (TPSA) is 101 Å². The number of nitrogen functional groups attached to an aromatic ring is 1. The molecule has 0 spiro atoms. The molecular weight excluding hydrogens is 273 g/mol. The molecule has 0 aromatic heterocycles. The van der Waals surface area contributed by atoms with Gasteiger partial charge in [-0.3, -0.25) is 4.79 Å². The average Bonchev–Trinajstić information content (AvgIpc) is 2.68. The van der Waals surface area contributed by atoms with Gasteiger partial charge in [-0.15, -0.1) is 0 Å². The predicted molar refractivity (Wildman–Crippen MR) is 67.3 cm³/mol. The van der Waals surface area contributed by atoms with Crippen LogP contribution in [-0.4, -0.2) is 26.9 Å². The van der Waals surface area contributed by atoms with Crippen LogP contribution in [0.25, 0.3) is 0 Å². The fourth-order valence-corrected chi connectivity index (χ4v) is 3.45. The van der Waals surface area contributed by atoms with E-state index in [1.165, 1.54) is 13.0 Å². The quantitative estimate of drug-likeness (QED) is 0.675. The Morgan fingerprint density at radius 3 is 2.74 bits per heavy atom. The molecule has 1 atom stereocenters. The van der Waals surface area contributed by atoms with Gasteiger partial charge in [-0.05, 0) is 19.1 Å². The summed E-state index contributed by atoms with van der Waals surface area (Å²) in [5, 5.41) is 2.52. The van der Waals surface area contributed by atoms with Crippen molar-refractivity contribution in [2.45, 2.75) is 24.3 Å². The molecule has 1 fully saturated rings. The lowest BCUT2D eigenvalue weighted by atomic mass is 10.2. The first-order valence-electron chi connectivity index (χ1n) is 5.64. The number of carbonyl (C=O) groups is 1. The molecule has 0 bridgehead atoms. The number of carbonyl (C=O) groups excluding carboxylic acids is 1. The van der Waals surface area contributed by atoms with Crippen molar-refractivity contribution in [3.05, 3.63) is 23.5 Å². The maximum absolute atomic E-state index is 13.5. The van der Waals surface area contributed by atoms with Gasteiger partial charge >= 0.3 is 0 Å². The number of rotatable bonds is 3. The van der Waals surface area contributed by atoms with Crippen LogP contribution in [0.4, 0.5) is 10.1 Å². The molecule has 8 heteroatoms. The van der Waals surface area contributed by atoms with Crippen LogP contribution < -0.4 is 15.8 Å². The van der Waals surface area contributed by atoms with E-state index in [0.717, 1.165) is 6.07 Å². The summed E-state index contributed by atoms with van der Waals surface area (Å²) in [6, 6.07) is 1.74. The zero-order chi connectivity index (χ0) is 14.2. The third-order valence-corrected chi connectivity index (χ3v) is 4.55. The monoisotopic (exact) mass is 287 g/mol. The standard InChI is InChI=1S/C11H14FN3O3S/c1-6-9(12)2-7(13)3-10(6)19(17,18)15-8-4-11(16)14-5-8/h2-3,8,15H,4-5,13H2,1H3,(H,14,16). The van der Waals surface area contributed by atoms with E-state index in [0.29, 0.717) is 0 Å². The number of nitrogens with one attached hydrogen (secondary N) is 2. The highest BCUT2D eigenvalue weighted by Gasteiger charge is 2.28. The molecular formula is C11H14FN3O3S. The minimum atomic E-state index is -3.91. The van der Waals surface area contributed by atoms with Crippen molar-refractivity contribution in [2.75, 3.05) is 12.3 Å².